The van der Waals surface area contributed by atoms with E-state index in [1.807, 2.05) is 0 Å². The highest BCUT2D eigenvalue weighted by molar-refractivity contribution is 6.27. The lowest BCUT2D eigenvalue weighted by molar-refractivity contribution is 0.673. The molecule has 0 saturated heterocycles. The molecule has 2 heteroatoms. The van der Waals surface area contributed by atoms with Crippen molar-refractivity contribution in [2.45, 2.75) is 0 Å². The van der Waals surface area contributed by atoms with Gasteiger partial charge in [-0.1, -0.05) is 182 Å². The minimum absolute atomic E-state index is 0.900. The Morgan fingerprint density at radius 2 is 0.814 bits per heavy atom. The van der Waals surface area contributed by atoms with Gasteiger partial charge in [-0.25, -0.2) is 4.98 Å². The molecule has 0 aliphatic heterocycles. The van der Waals surface area contributed by atoms with Gasteiger partial charge in [-0.3, -0.25) is 0 Å². The molecule has 9 aromatic carbocycles. The summed E-state index contributed by atoms with van der Waals surface area (Å²) in [7, 11) is 0. The molecule has 0 bridgehead atoms. The average molecular weight is 750 g/mol. The standard InChI is InChI=1S/C57H35NO/c1-3-14-36(15-4-1)40-18-11-19-41(32-40)52-33-42(34-53(58-52)47-23-10-7-20-43(47)38-16-5-2-6-17-38)37-28-30-39(31-29-37)44-24-13-27-54-56(44)51-35-50-46-22-9-8-21-45(46)48-25-12-26-49(55(48)50)57(51)59-54/h1-35H. The zero-order valence-corrected chi connectivity index (χ0v) is 32.1. The fraction of sp³-hybridized carbons (Fsp3) is 0. The first-order valence-electron chi connectivity index (χ1n) is 20.2. The van der Waals surface area contributed by atoms with Crippen LogP contribution >= 0.6 is 0 Å². The number of furan rings is 1. The molecule has 2 heterocycles. The molecule has 0 unspecified atom stereocenters. The van der Waals surface area contributed by atoms with Crippen molar-refractivity contribution in [2.75, 3.05) is 0 Å². The summed E-state index contributed by atoms with van der Waals surface area (Å²) in [5.41, 5.74) is 20.2. The molecule has 2 aromatic heterocycles. The van der Waals surface area contributed by atoms with Gasteiger partial charge in [-0.15, -0.1) is 0 Å². The predicted octanol–water partition coefficient (Wildman–Crippen LogP) is 15.8. The van der Waals surface area contributed by atoms with Crippen LogP contribution < -0.4 is 0 Å². The summed E-state index contributed by atoms with van der Waals surface area (Å²) in [5.74, 6) is 0. The van der Waals surface area contributed by atoms with Crippen molar-refractivity contribution in [1.29, 1.82) is 0 Å². The number of benzene rings is 9. The molecule has 0 N–H and O–H groups in total. The van der Waals surface area contributed by atoms with Crippen molar-refractivity contribution < 1.29 is 4.42 Å². The van der Waals surface area contributed by atoms with Gasteiger partial charge in [0.05, 0.1) is 11.4 Å². The van der Waals surface area contributed by atoms with Crippen LogP contribution in [0.2, 0.25) is 0 Å². The summed E-state index contributed by atoms with van der Waals surface area (Å²) in [6, 6.07) is 76.1. The molecule has 0 saturated carbocycles. The fourth-order valence-corrected chi connectivity index (χ4v) is 9.28. The summed E-state index contributed by atoms with van der Waals surface area (Å²) < 4.78 is 6.74. The highest BCUT2D eigenvalue weighted by Gasteiger charge is 2.25. The van der Waals surface area contributed by atoms with E-state index in [2.05, 4.69) is 212 Å². The number of fused-ring (bicyclic) bond motifs is 7. The molecule has 59 heavy (non-hydrogen) atoms. The van der Waals surface area contributed by atoms with E-state index < -0.39 is 0 Å². The summed E-state index contributed by atoms with van der Waals surface area (Å²) in [5, 5.41) is 4.73. The van der Waals surface area contributed by atoms with Gasteiger partial charge in [0, 0.05) is 32.7 Å². The number of pyridine rings is 1. The Morgan fingerprint density at radius 3 is 1.61 bits per heavy atom. The van der Waals surface area contributed by atoms with Crippen LogP contribution in [0.4, 0.5) is 0 Å². The largest absolute Gasteiger partial charge is 0.455 e. The number of hydrogen-bond donors (Lipinski definition) is 0. The molecule has 0 fully saturated rings. The Kier molecular flexibility index (Phi) is 7.57. The van der Waals surface area contributed by atoms with E-state index in [1.54, 1.807) is 0 Å². The van der Waals surface area contributed by atoms with Crippen molar-refractivity contribution in [1.82, 2.24) is 4.98 Å². The maximum absolute atomic E-state index is 6.74. The number of aromatic nitrogens is 1. The van der Waals surface area contributed by atoms with Crippen molar-refractivity contribution in [3.05, 3.63) is 212 Å². The lowest BCUT2D eigenvalue weighted by Crippen LogP contribution is -1.93. The van der Waals surface area contributed by atoms with Crippen LogP contribution in [0.15, 0.2) is 217 Å². The molecule has 1 aliphatic rings. The molecular formula is C57H35NO. The van der Waals surface area contributed by atoms with Gasteiger partial charge < -0.3 is 4.42 Å². The first-order chi connectivity index (χ1) is 29.2. The Labute approximate surface area is 342 Å². The van der Waals surface area contributed by atoms with Crippen LogP contribution in [0.5, 0.6) is 0 Å². The number of hydrogen-bond acceptors (Lipinski definition) is 2. The van der Waals surface area contributed by atoms with Gasteiger partial charge in [0.25, 0.3) is 0 Å². The third-order valence-corrected chi connectivity index (χ3v) is 12.0. The molecule has 11 aromatic rings. The highest BCUT2D eigenvalue weighted by Crippen LogP contribution is 2.51. The molecule has 274 valence electrons. The molecule has 0 radical (unpaired) electrons. The summed E-state index contributed by atoms with van der Waals surface area (Å²) >= 11 is 0. The Balaban J connectivity index is 1.00. The maximum Gasteiger partial charge on any atom is 0.143 e. The van der Waals surface area contributed by atoms with Crippen LogP contribution in [0.3, 0.4) is 0 Å². The van der Waals surface area contributed by atoms with Crippen LogP contribution in [0, 0.1) is 0 Å². The average Bonchev–Trinajstić information content (AvgIpc) is 3.86. The van der Waals surface area contributed by atoms with E-state index in [9.17, 15) is 0 Å². The lowest BCUT2D eigenvalue weighted by atomic mass is 9.93. The van der Waals surface area contributed by atoms with E-state index in [1.165, 1.54) is 44.3 Å². The van der Waals surface area contributed by atoms with Gasteiger partial charge in [0.1, 0.15) is 11.2 Å². The molecule has 0 atom stereocenters. The minimum atomic E-state index is 0.900. The van der Waals surface area contributed by atoms with Crippen molar-refractivity contribution in [2.24, 2.45) is 0 Å². The summed E-state index contributed by atoms with van der Waals surface area (Å²) in [6.07, 6.45) is 0. The van der Waals surface area contributed by atoms with E-state index >= 15 is 0 Å². The second-order valence-electron chi connectivity index (χ2n) is 15.4. The number of nitrogens with zero attached hydrogens (tertiary/aromatic N) is 1. The van der Waals surface area contributed by atoms with Gasteiger partial charge >= 0.3 is 0 Å². The third-order valence-electron chi connectivity index (χ3n) is 12.0. The van der Waals surface area contributed by atoms with Crippen molar-refractivity contribution in [3.63, 3.8) is 0 Å². The van der Waals surface area contributed by atoms with Gasteiger partial charge in [0.15, 0.2) is 0 Å². The maximum atomic E-state index is 6.74. The van der Waals surface area contributed by atoms with E-state index in [4.69, 9.17) is 9.40 Å². The van der Waals surface area contributed by atoms with Crippen LogP contribution in [0.25, 0.3) is 122 Å². The highest BCUT2D eigenvalue weighted by atomic mass is 16.3. The Morgan fingerprint density at radius 1 is 0.271 bits per heavy atom. The molecule has 1 aliphatic carbocycles. The lowest BCUT2D eigenvalue weighted by Gasteiger charge is -2.14. The molecule has 0 spiro atoms. The van der Waals surface area contributed by atoms with Crippen molar-refractivity contribution >= 4 is 32.7 Å². The quantitative estimate of drug-likeness (QED) is 0.169. The zero-order valence-electron chi connectivity index (χ0n) is 32.1. The Hall–Kier alpha value is -7.81. The third kappa shape index (κ3) is 5.45. The van der Waals surface area contributed by atoms with E-state index in [0.717, 1.165) is 77.7 Å². The monoisotopic (exact) mass is 749 g/mol. The topological polar surface area (TPSA) is 26.0 Å². The normalized spacial score (nSPS) is 11.7. The van der Waals surface area contributed by atoms with Gasteiger partial charge in [-0.2, -0.15) is 0 Å². The molecular weight excluding hydrogens is 715 g/mol. The molecule has 0 amide bonds. The minimum Gasteiger partial charge on any atom is -0.455 e. The smallest absolute Gasteiger partial charge is 0.143 e. The fourth-order valence-electron chi connectivity index (χ4n) is 9.28. The second-order valence-corrected chi connectivity index (χ2v) is 15.4. The zero-order chi connectivity index (χ0) is 38.9. The Bertz CT molecular complexity index is 3410. The molecule has 12 rings (SSSR count). The van der Waals surface area contributed by atoms with Crippen molar-refractivity contribution in [3.8, 4) is 89.3 Å². The number of rotatable bonds is 6. The predicted molar refractivity (Wildman–Crippen MR) is 246 cm³/mol. The first kappa shape index (κ1) is 33.3. The van der Waals surface area contributed by atoms with Crippen LogP contribution in [0.1, 0.15) is 0 Å². The van der Waals surface area contributed by atoms with Gasteiger partial charge in [0.2, 0.25) is 0 Å². The second kappa shape index (κ2) is 13.4. The van der Waals surface area contributed by atoms with Crippen LogP contribution in [-0.2, 0) is 0 Å². The first-order valence-corrected chi connectivity index (χ1v) is 20.2. The van der Waals surface area contributed by atoms with Gasteiger partial charge in [-0.05, 0) is 97.1 Å². The van der Waals surface area contributed by atoms with E-state index in [-0.39, 0.29) is 0 Å². The SMILES string of the molecule is c1ccc(-c2cccc(-c3cc(-c4ccc(-c5cccc6oc7c8cccc9c8c(cc7c56)-c5ccccc5-9)cc4)cc(-c4ccccc4-c4ccccc4)n3)c2)cc1. The summed E-state index contributed by atoms with van der Waals surface area (Å²) in [4.78, 5) is 5.39. The molecule has 2 nitrogen and oxygen atoms in total. The summed E-state index contributed by atoms with van der Waals surface area (Å²) in [6.45, 7) is 0. The van der Waals surface area contributed by atoms with Crippen LogP contribution in [-0.4, -0.2) is 4.98 Å². The van der Waals surface area contributed by atoms with E-state index in [0.29, 0.717) is 0 Å².